The van der Waals surface area contributed by atoms with Crippen LogP contribution in [0, 0.1) is 18.7 Å². The van der Waals surface area contributed by atoms with Crippen molar-refractivity contribution in [3.05, 3.63) is 41.9 Å². The zero-order valence-corrected chi connectivity index (χ0v) is 11.5. The minimum Gasteiger partial charge on any atom is -0.312 e. The van der Waals surface area contributed by atoms with E-state index in [-0.39, 0.29) is 5.82 Å². The van der Waals surface area contributed by atoms with Gasteiger partial charge in [0.1, 0.15) is 5.82 Å². The number of aryl methyl sites for hydroxylation is 1. The molecule has 2 aromatic rings. The molecule has 1 N–H and O–H groups in total. The Kier molecular flexibility index (Phi) is 4.27. The number of imidazole rings is 1. The Morgan fingerprint density at radius 2 is 2.11 bits per heavy atom. The van der Waals surface area contributed by atoms with Gasteiger partial charge >= 0.3 is 0 Å². The van der Waals surface area contributed by atoms with Crippen molar-refractivity contribution < 1.29 is 4.39 Å². The molecule has 0 aliphatic carbocycles. The average molecular weight is 262 g/mol. The number of halogens is 1. The van der Waals surface area contributed by atoms with Gasteiger partial charge < -0.3 is 5.32 Å². The van der Waals surface area contributed by atoms with E-state index in [0.29, 0.717) is 23.8 Å². The van der Waals surface area contributed by atoms with Crippen molar-refractivity contribution in [2.45, 2.75) is 27.3 Å². The van der Waals surface area contributed by atoms with Crippen molar-refractivity contribution >= 4 is 0 Å². The molecule has 0 saturated carbocycles. The van der Waals surface area contributed by atoms with Crippen molar-refractivity contribution in [3.63, 3.8) is 0 Å². The van der Waals surface area contributed by atoms with Crippen molar-refractivity contribution in [3.8, 4) is 5.82 Å². The monoisotopic (exact) mass is 262 g/mol. The van der Waals surface area contributed by atoms with E-state index < -0.39 is 0 Å². The second kappa shape index (κ2) is 5.93. The van der Waals surface area contributed by atoms with E-state index in [4.69, 9.17) is 0 Å². The van der Waals surface area contributed by atoms with Crippen LogP contribution in [0.1, 0.15) is 25.2 Å². The number of hydrogen-bond donors (Lipinski definition) is 1. The number of hydrogen-bond acceptors (Lipinski definition) is 3. The minimum atomic E-state index is -0.292. The highest BCUT2D eigenvalue weighted by Gasteiger charge is 2.12. The standard InChI is InChI=1S/C14H19FN4/c1-10(2)8-16-9-12-4-5-18-14(13(12)15)19-7-6-17-11(19)3/h4-7,10,16H,8-9H2,1-3H3. The van der Waals surface area contributed by atoms with Crippen LogP contribution >= 0.6 is 0 Å². The van der Waals surface area contributed by atoms with Crippen LogP contribution in [-0.4, -0.2) is 21.1 Å². The van der Waals surface area contributed by atoms with Crippen molar-refractivity contribution in [2.75, 3.05) is 6.54 Å². The molecule has 0 radical (unpaired) electrons. The van der Waals surface area contributed by atoms with Crippen LogP contribution < -0.4 is 5.32 Å². The molecule has 0 fully saturated rings. The Hall–Kier alpha value is -1.75. The van der Waals surface area contributed by atoms with E-state index in [1.54, 1.807) is 29.2 Å². The molecule has 0 aromatic carbocycles. The number of nitrogens with one attached hydrogen (secondary N) is 1. The smallest absolute Gasteiger partial charge is 0.174 e. The number of pyridine rings is 1. The highest BCUT2D eigenvalue weighted by atomic mass is 19.1. The molecule has 0 atom stereocenters. The summed E-state index contributed by atoms with van der Waals surface area (Å²) in [6.45, 7) is 7.44. The van der Waals surface area contributed by atoms with Gasteiger partial charge in [-0.2, -0.15) is 0 Å². The maximum Gasteiger partial charge on any atom is 0.174 e. The molecule has 0 amide bonds. The van der Waals surface area contributed by atoms with Crippen molar-refractivity contribution in [2.24, 2.45) is 5.92 Å². The normalized spacial score (nSPS) is 11.2. The van der Waals surface area contributed by atoms with Gasteiger partial charge in [0.15, 0.2) is 11.6 Å². The average Bonchev–Trinajstić information content (AvgIpc) is 2.77. The minimum absolute atomic E-state index is 0.292. The number of aromatic nitrogens is 3. The molecular weight excluding hydrogens is 243 g/mol. The van der Waals surface area contributed by atoms with Gasteiger partial charge in [-0.05, 0) is 25.5 Å². The molecule has 4 nitrogen and oxygen atoms in total. The summed E-state index contributed by atoms with van der Waals surface area (Å²) in [6, 6.07) is 1.71. The van der Waals surface area contributed by atoms with Gasteiger partial charge in [-0.15, -0.1) is 0 Å². The molecule has 2 aromatic heterocycles. The van der Waals surface area contributed by atoms with E-state index in [1.807, 2.05) is 6.92 Å². The quantitative estimate of drug-likeness (QED) is 0.900. The first-order valence-electron chi connectivity index (χ1n) is 6.44. The fourth-order valence-electron chi connectivity index (χ4n) is 1.87. The molecule has 0 saturated heterocycles. The maximum atomic E-state index is 14.4. The summed E-state index contributed by atoms with van der Waals surface area (Å²) in [4.78, 5) is 8.20. The number of rotatable bonds is 5. The summed E-state index contributed by atoms with van der Waals surface area (Å²) in [5.41, 5.74) is 0.624. The zero-order chi connectivity index (χ0) is 13.8. The van der Waals surface area contributed by atoms with Crippen molar-refractivity contribution in [1.82, 2.24) is 19.9 Å². The second-order valence-corrected chi connectivity index (χ2v) is 4.98. The van der Waals surface area contributed by atoms with Gasteiger partial charge in [-0.3, -0.25) is 4.57 Å². The first-order valence-corrected chi connectivity index (χ1v) is 6.44. The van der Waals surface area contributed by atoms with Gasteiger partial charge in [0.25, 0.3) is 0 Å². The predicted octanol–water partition coefficient (Wildman–Crippen LogP) is 2.46. The lowest BCUT2D eigenvalue weighted by molar-refractivity contribution is 0.530. The summed E-state index contributed by atoms with van der Waals surface area (Å²) in [5.74, 6) is 1.28. The Bertz CT molecular complexity index is 548. The summed E-state index contributed by atoms with van der Waals surface area (Å²) in [7, 11) is 0. The van der Waals surface area contributed by atoms with Crippen LogP contribution in [-0.2, 0) is 6.54 Å². The molecule has 102 valence electrons. The summed E-state index contributed by atoms with van der Waals surface area (Å²) >= 11 is 0. The lowest BCUT2D eigenvalue weighted by Crippen LogP contribution is -2.20. The van der Waals surface area contributed by atoms with Crippen LogP contribution in [0.4, 0.5) is 4.39 Å². The zero-order valence-electron chi connectivity index (χ0n) is 11.5. The lowest BCUT2D eigenvalue weighted by Gasteiger charge is -2.11. The van der Waals surface area contributed by atoms with E-state index in [1.165, 1.54) is 0 Å². The Labute approximate surface area is 112 Å². The topological polar surface area (TPSA) is 42.7 Å². The first-order chi connectivity index (χ1) is 9.09. The molecular formula is C14H19FN4. The van der Waals surface area contributed by atoms with Crippen LogP contribution in [0.3, 0.4) is 0 Å². The molecule has 0 spiro atoms. The molecule has 0 aliphatic rings. The molecule has 0 unspecified atom stereocenters. The van der Waals surface area contributed by atoms with E-state index >= 15 is 0 Å². The van der Waals surface area contributed by atoms with Crippen LogP contribution in [0.2, 0.25) is 0 Å². The highest BCUT2D eigenvalue weighted by Crippen LogP contribution is 2.15. The third kappa shape index (κ3) is 3.17. The first kappa shape index (κ1) is 13.7. The Morgan fingerprint density at radius 3 is 2.74 bits per heavy atom. The molecule has 0 aliphatic heterocycles. The van der Waals surface area contributed by atoms with Gasteiger partial charge in [-0.1, -0.05) is 13.8 Å². The highest BCUT2D eigenvalue weighted by molar-refractivity contribution is 5.31. The summed E-state index contributed by atoms with van der Waals surface area (Å²) in [5, 5.41) is 3.24. The van der Waals surface area contributed by atoms with Gasteiger partial charge in [0, 0.05) is 30.7 Å². The van der Waals surface area contributed by atoms with E-state index in [2.05, 4.69) is 29.1 Å². The lowest BCUT2D eigenvalue weighted by atomic mass is 10.2. The molecule has 2 heterocycles. The fraction of sp³-hybridized carbons (Fsp3) is 0.429. The summed E-state index contributed by atoms with van der Waals surface area (Å²) < 4.78 is 16.0. The van der Waals surface area contributed by atoms with Crippen LogP contribution in [0.25, 0.3) is 5.82 Å². The Balaban J connectivity index is 2.21. The van der Waals surface area contributed by atoms with Gasteiger partial charge in [-0.25, -0.2) is 14.4 Å². The van der Waals surface area contributed by atoms with Crippen molar-refractivity contribution in [1.29, 1.82) is 0 Å². The van der Waals surface area contributed by atoms with E-state index in [0.717, 1.165) is 12.4 Å². The SMILES string of the molecule is Cc1nccn1-c1nccc(CNCC(C)C)c1F. The molecule has 2 rings (SSSR count). The third-order valence-electron chi connectivity index (χ3n) is 2.87. The molecule has 5 heteroatoms. The maximum absolute atomic E-state index is 14.4. The summed E-state index contributed by atoms with van der Waals surface area (Å²) in [6.07, 6.45) is 4.98. The largest absolute Gasteiger partial charge is 0.312 e. The predicted molar refractivity (Wildman–Crippen MR) is 72.6 cm³/mol. The Morgan fingerprint density at radius 1 is 1.32 bits per heavy atom. The fourth-order valence-corrected chi connectivity index (χ4v) is 1.87. The molecule has 0 bridgehead atoms. The number of nitrogens with zero attached hydrogens (tertiary/aromatic N) is 3. The van der Waals surface area contributed by atoms with E-state index in [9.17, 15) is 4.39 Å². The van der Waals surface area contributed by atoms with Gasteiger partial charge in [0.05, 0.1) is 0 Å². The van der Waals surface area contributed by atoms with Crippen LogP contribution in [0.15, 0.2) is 24.7 Å². The molecule has 19 heavy (non-hydrogen) atoms. The van der Waals surface area contributed by atoms with Gasteiger partial charge in [0.2, 0.25) is 0 Å². The second-order valence-electron chi connectivity index (χ2n) is 4.98. The third-order valence-corrected chi connectivity index (χ3v) is 2.87. The van der Waals surface area contributed by atoms with Crippen LogP contribution in [0.5, 0.6) is 0 Å².